The van der Waals surface area contributed by atoms with E-state index in [-0.39, 0.29) is 17.1 Å². The lowest BCUT2D eigenvalue weighted by Gasteiger charge is -2.27. The molecule has 0 bridgehead atoms. The van der Waals surface area contributed by atoms with Gasteiger partial charge in [-0.15, -0.1) is 11.6 Å². The first kappa shape index (κ1) is 12.1. The van der Waals surface area contributed by atoms with Crippen LogP contribution >= 0.6 is 11.6 Å². The second-order valence-corrected chi connectivity index (χ2v) is 5.94. The molecule has 2 rings (SSSR count). The van der Waals surface area contributed by atoms with Crippen molar-refractivity contribution >= 4 is 17.5 Å². The number of ether oxygens (including phenoxy) is 2. The Morgan fingerprint density at radius 1 is 1.31 bits per heavy atom. The third kappa shape index (κ3) is 2.87. The second-order valence-electron chi connectivity index (χ2n) is 5.29. The molecule has 0 spiro atoms. The van der Waals surface area contributed by atoms with E-state index in [0.29, 0.717) is 26.3 Å². The van der Waals surface area contributed by atoms with Gasteiger partial charge in [-0.1, -0.05) is 0 Å². The SMILES string of the molecule is CC(Cl)C(=O)N(CC1(C)CO1)CC1(C)CO1. The Hall–Kier alpha value is -0.320. The lowest BCUT2D eigenvalue weighted by Crippen LogP contribution is -2.45. The predicted octanol–water partition coefficient (Wildman–Crippen LogP) is 1.02. The van der Waals surface area contributed by atoms with Crippen molar-refractivity contribution in [3.8, 4) is 0 Å². The van der Waals surface area contributed by atoms with Gasteiger partial charge in [0.1, 0.15) is 16.6 Å². The van der Waals surface area contributed by atoms with Crippen LogP contribution in [-0.2, 0) is 14.3 Å². The third-order valence-electron chi connectivity index (χ3n) is 2.98. The number of carbonyl (C=O) groups is 1. The molecule has 2 saturated heterocycles. The Balaban J connectivity index is 1.97. The zero-order valence-electron chi connectivity index (χ0n) is 9.96. The van der Waals surface area contributed by atoms with Gasteiger partial charge in [-0.05, 0) is 20.8 Å². The fourth-order valence-corrected chi connectivity index (χ4v) is 1.84. The summed E-state index contributed by atoms with van der Waals surface area (Å²) in [5.41, 5.74) is -0.348. The van der Waals surface area contributed by atoms with Crippen LogP contribution in [0.5, 0.6) is 0 Å². The normalized spacial score (nSPS) is 38.0. The fraction of sp³-hybridized carbons (Fsp3) is 0.909. The first-order chi connectivity index (χ1) is 7.34. The van der Waals surface area contributed by atoms with Crippen LogP contribution in [0.3, 0.4) is 0 Å². The van der Waals surface area contributed by atoms with E-state index in [0.717, 1.165) is 0 Å². The van der Waals surface area contributed by atoms with Crippen molar-refractivity contribution in [3.05, 3.63) is 0 Å². The average molecular weight is 248 g/mol. The van der Waals surface area contributed by atoms with E-state index >= 15 is 0 Å². The Morgan fingerprint density at radius 2 is 1.69 bits per heavy atom. The number of nitrogens with zero attached hydrogens (tertiary/aromatic N) is 1. The molecular weight excluding hydrogens is 230 g/mol. The van der Waals surface area contributed by atoms with E-state index in [4.69, 9.17) is 21.1 Å². The monoisotopic (exact) mass is 247 g/mol. The van der Waals surface area contributed by atoms with Gasteiger partial charge in [0.15, 0.2) is 0 Å². The molecule has 0 aliphatic carbocycles. The van der Waals surface area contributed by atoms with Crippen molar-refractivity contribution in [2.45, 2.75) is 37.4 Å². The summed E-state index contributed by atoms with van der Waals surface area (Å²) in [5.74, 6) is -0.0462. The number of hydrogen-bond donors (Lipinski definition) is 0. The molecule has 16 heavy (non-hydrogen) atoms. The van der Waals surface area contributed by atoms with E-state index in [1.54, 1.807) is 11.8 Å². The van der Waals surface area contributed by atoms with Crippen LogP contribution in [0.4, 0.5) is 0 Å². The van der Waals surface area contributed by atoms with E-state index in [1.165, 1.54) is 0 Å². The van der Waals surface area contributed by atoms with Crippen molar-refractivity contribution in [3.63, 3.8) is 0 Å². The molecule has 0 radical (unpaired) electrons. The number of carbonyl (C=O) groups excluding carboxylic acids is 1. The lowest BCUT2D eigenvalue weighted by molar-refractivity contribution is -0.132. The summed E-state index contributed by atoms with van der Waals surface area (Å²) in [6.45, 7) is 8.33. The predicted molar refractivity (Wildman–Crippen MR) is 60.6 cm³/mol. The molecule has 3 atom stereocenters. The molecule has 4 nitrogen and oxygen atoms in total. The highest BCUT2D eigenvalue weighted by Crippen LogP contribution is 2.31. The highest BCUT2D eigenvalue weighted by atomic mass is 35.5. The number of amides is 1. The number of halogens is 1. The van der Waals surface area contributed by atoms with Gasteiger partial charge in [0, 0.05) is 0 Å². The lowest BCUT2D eigenvalue weighted by atomic mass is 10.1. The van der Waals surface area contributed by atoms with E-state index in [2.05, 4.69) is 0 Å². The summed E-state index contributed by atoms with van der Waals surface area (Å²) in [5, 5.41) is -0.496. The smallest absolute Gasteiger partial charge is 0.240 e. The summed E-state index contributed by atoms with van der Waals surface area (Å²) in [6, 6.07) is 0. The topological polar surface area (TPSA) is 45.4 Å². The van der Waals surface area contributed by atoms with Gasteiger partial charge in [0.25, 0.3) is 0 Å². The molecule has 2 fully saturated rings. The first-order valence-electron chi connectivity index (χ1n) is 5.54. The van der Waals surface area contributed by atoms with E-state index in [1.807, 2.05) is 13.8 Å². The maximum absolute atomic E-state index is 11.9. The fourth-order valence-electron chi connectivity index (χ4n) is 1.70. The largest absolute Gasteiger partial charge is 0.368 e. The van der Waals surface area contributed by atoms with Gasteiger partial charge >= 0.3 is 0 Å². The highest BCUT2D eigenvalue weighted by Gasteiger charge is 2.47. The zero-order valence-corrected chi connectivity index (χ0v) is 10.7. The molecule has 5 heteroatoms. The van der Waals surface area contributed by atoms with Crippen LogP contribution in [-0.4, -0.2) is 53.7 Å². The third-order valence-corrected chi connectivity index (χ3v) is 3.16. The van der Waals surface area contributed by atoms with Crippen LogP contribution in [0.2, 0.25) is 0 Å². The van der Waals surface area contributed by atoms with Crippen LogP contribution in [0, 0.1) is 0 Å². The summed E-state index contributed by atoms with van der Waals surface area (Å²) >= 11 is 5.85. The highest BCUT2D eigenvalue weighted by molar-refractivity contribution is 6.30. The van der Waals surface area contributed by atoms with Gasteiger partial charge in [0.2, 0.25) is 5.91 Å². The Kier molecular flexibility index (Phi) is 2.93. The minimum Gasteiger partial charge on any atom is -0.368 e. The van der Waals surface area contributed by atoms with Gasteiger partial charge in [0.05, 0.1) is 26.3 Å². The average Bonchev–Trinajstić information content (AvgIpc) is 3.07. The molecule has 2 aliphatic rings. The van der Waals surface area contributed by atoms with Crippen LogP contribution < -0.4 is 0 Å². The number of rotatable bonds is 5. The van der Waals surface area contributed by atoms with E-state index in [9.17, 15) is 4.79 Å². The standard InChI is InChI=1S/C11H18ClNO3/c1-8(12)9(14)13(4-10(2)6-15-10)5-11(3)7-16-11/h8H,4-7H2,1-3H3. The molecule has 1 amide bonds. The maximum Gasteiger partial charge on any atom is 0.240 e. The molecular formula is C11H18ClNO3. The molecule has 0 aromatic heterocycles. The summed E-state index contributed by atoms with van der Waals surface area (Å²) in [7, 11) is 0. The molecule has 3 unspecified atom stereocenters. The molecule has 0 aromatic carbocycles. The number of alkyl halides is 1. The Labute approximate surface area is 101 Å². The molecule has 2 heterocycles. The van der Waals surface area contributed by atoms with Gasteiger partial charge in [-0.25, -0.2) is 0 Å². The van der Waals surface area contributed by atoms with Gasteiger partial charge in [-0.2, -0.15) is 0 Å². The minimum absolute atomic E-state index is 0.0462. The van der Waals surface area contributed by atoms with Crippen LogP contribution in [0.25, 0.3) is 0 Å². The van der Waals surface area contributed by atoms with E-state index < -0.39 is 5.38 Å². The van der Waals surface area contributed by atoms with Crippen LogP contribution in [0.1, 0.15) is 20.8 Å². The summed E-state index contributed by atoms with van der Waals surface area (Å²) < 4.78 is 10.6. The molecule has 0 saturated carbocycles. The second kappa shape index (κ2) is 3.86. The van der Waals surface area contributed by atoms with Crippen LogP contribution in [0.15, 0.2) is 0 Å². The Morgan fingerprint density at radius 3 is 1.94 bits per heavy atom. The number of hydrogen-bond acceptors (Lipinski definition) is 3. The summed E-state index contributed by atoms with van der Waals surface area (Å²) in [4.78, 5) is 13.7. The van der Waals surface area contributed by atoms with Crippen molar-refractivity contribution in [2.75, 3.05) is 26.3 Å². The first-order valence-corrected chi connectivity index (χ1v) is 5.98. The van der Waals surface area contributed by atoms with Crippen molar-refractivity contribution in [1.82, 2.24) is 4.90 Å². The van der Waals surface area contributed by atoms with Crippen molar-refractivity contribution < 1.29 is 14.3 Å². The van der Waals surface area contributed by atoms with Gasteiger partial charge in [-0.3, -0.25) is 4.79 Å². The maximum atomic E-state index is 11.9. The Bertz CT molecular complexity index is 278. The van der Waals surface area contributed by atoms with Crippen molar-refractivity contribution in [2.24, 2.45) is 0 Å². The molecule has 0 N–H and O–H groups in total. The quantitative estimate of drug-likeness (QED) is 0.538. The summed E-state index contributed by atoms with van der Waals surface area (Å²) in [6.07, 6.45) is 0. The molecule has 0 aromatic rings. The zero-order chi connectivity index (χ0) is 12.0. The molecule has 2 aliphatic heterocycles. The van der Waals surface area contributed by atoms with Gasteiger partial charge < -0.3 is 14.4 Å². The van der Waals surface area contributed by atoms with Crippen molar-refractivity contribution in [1.29, 1.82) is 0 Å². The minimum atomic E-state index is -0.496. The number of epoxide rings is 2. The molecule has 92 valence electrons.